The minimum Gasteiger partial charge on any atom is -0.311 e. The van der Waals surface area contributed by atoms with Gasteiger partial charge in [-0.25, -0.2) is 0 Å². The second kappa shape index (κ2) is 7.77. The lowest BCUT2D eigenvalue weighted by Gasteiger charge is -2.34. The molecule has 0 aliphatic heterocycles. The van der Waals surface area contributed by atoms with Crippen molar-refractivity contribution in [3.8, 4) is 0 Å². The van der Waals surface area contributed by atoms with Gasteiger partial charge in [-0.05, 0) is 61.5 Å². The summed E-state index contributed by atoms with van der Waals surface area (Å²) in [6.45, 7) is 6.71. The molecule has 0 bridgehead atoms. The fourth-order valence-electron chi connectivity index (χ4n) is 3.87. The summed E-state index contributed by atoms with van der Waals surface area (Å²) in [6, 6.07) is 0.811. The summed E-state index contributed by atoms with van der Waals surface area (Å²) < 4.78 is 3.31. The van der Waals surface area contributed by atoms with Gasteiger partial charge in [0.25, 0.3) is 0 Å². The molecule has 1 saturated carbocycles. The molecule has 4 heteroatoms. The molecule has 1 atom stereocenters. The smallest absolute Gasteiger partial charge is 0.0701 e. The predicted octanol–water partition coefficient (Wildman–Crippen LogP) is 5.09. The molecule has 0 saturated heterocycles. The molecule has 1 fully saturated rings. The summed E-state index contributed by atoms with van der Waals surface area (Å²) in [5.41, 5.74) is 1.33. The molecular weight excluding hydrogens is 326 g/mol. The van der Waals surface area contributed by atoms with Gasteiger partial charge in [-0.1, -0.05) is 32.6 Å². The van der Waals surface area contributed by atoms with Gasteiger partial charge in [0.2, 0.25) is 0 Å². The molecule has 0 radical (unpaired) electrons. The van der Waals surface area contributed by atoms with Crippen LogP contribution in [0, 0.1) is 11.8 Å². The number of hydrogen-bond acceptors (Lipinski definition) is 2. The van der Waals surface area contributed by atoms with E-state index in [1.165, 1.54) is 44.2 Å². The van der Waals surface area contributed by atoms with Crippen molar-refractivity contribution in [3.05, 3.63) is 16.4 Å². The van der Waals surface area contributed by atoms with E-state index >= 15 is 0 Å². The number of nitrogens with zero attached hydrogens (tertiary/aromatic N) is 2. The Morgan fingerprint density at radius 1 is 1.33 bits per heavy atom. The Morgan fingerprint density at radius 3 is 2.52 bits per heavy atom. The van der Waals surface area contributed by atoms with Crippen molar-refractivity contribution in [1.29, 1.82) is 0 Å². The fraction of sp³-hybridized carbons (Fsp3) is 0.824. The molecule has 2 rings (SSSR count). The Hall–Kier alpha value is -0.350. The van der Waals surface area contributed by atoms with Crippen LogP contribution >= 0.6 is 15.9 Å². The first kappa shape index (κ1) is 17.0. The highest BCUT2D eigenvalue weighted by atomic mass is 79.9. The number of rotatable bonds is 6. The van der Waals surface area contributed by atoms with Crippen molar-refractivity contribution >= 4 is 15.9 Å². The van der Waals surface area contributed by atoms with Crippen LogP contribution in [0.25, 0.3) is 0 Å². The number of nitrogens with one attached hydrogen (secondary N) is 1. The van der Waals surface area contributed by atoms with E-state index in [2.05, 4.69) is 58.8 Å². The van der Waals surface area contributed by atoms with E-state index in [0.29, 0.717) is 12.1 Å². The van der Waals surface area contributed by atoms with E-state index in [-0.39, 0.29) is 0 Å². The van der Waals surface area contributed by atoms with Crippen molar-refractivity contribution < 1.29 is 0 Å². The number of aromatic nitrogens is 2. The molecule has 3 nitrogen and oxygen atoms in total. The van der Waals surface area contributed by atoms with Crippen LogP contribution in [0.4, 0.5) is 0 Å². The largest absolute Gasteiger partial charge is 0.311 e. The van der Waals surface area contributed by atoms with Gasteiger partial charge in [0, 0.05) is 6.04 Å². The summed E-state index contributed by atoms with van der Waals surface area (Å²) in [4.78, 5) is 0. The molecule has 1 N–H and O–H groups in total. The summed E-state index contributed by atoms with van der Waals surface area (Å²) >= 11 is 3.71. The van der Waals surface area contributed by atoms with Crippen molar-refractivity contribution in [3.63, 3.8) is 0 Å². The van der Waals surface area contributed by atoms with Gasteiger partial charge >= 0.3 is 0 Å². The Labute approximate surface area is 138 Å². The zero-order valence-corrected chi connectivity index (χ0v) is 15.5. The Bertz CT molecular complexity index is 433. The first-order chi connectivity index (χ1) is 10.1. The average molecular weight is 356 g/mol. The van der Waals surface area contributed by atoms with Crippen LogP contribution < -0.4 is 5.32 Å². The van der Waals surface area contributed by atoms with Crippen LogP contribution in [-0.4, -0.2) is 16.8 Å². The van der Waals surface area contributed by atoms with Gasteiger partial charge in [-0.2, -0.15) is 5.10 Å². The van der Waals surface area contributed by atoms with Crippen LogP contribution in [0.15, 0.2) is 10.7 Å². The maximum absolute atomic E-state index is 4.55. The Balaban J connectivity index is 2.12. The molecule has 0 spiro atoms. The molecule has 0 amide bonds. The quantitative estimate of drug-likeness (QED) is 0.769. The van der Waals surface area contributed by atoms with Crippen LogP contribution in [0.5, 0.6) is 0 Å². The Morgan fingerprint density at radius 2 is 2.00 bits per heavy atom. The minimum absolute atomic E-state index is 0.401. The second-order valence-electron chi connectivity index (χ2n) is 6.75. The SMILES string of the molecule is CCCC1CCC(C(NC)c2c(Br)cnn2C(C)C)CC1. The molecule has 1 heterocycles. The van der Waals surface area contributed by atoms with E-state index in [9.17, 15) is 0 Å². The van der Waals surface area contributed by atoms with Gasteiger partial charge in [-0.15, -0.1) is 0 Å². The van der Waals surface area contributed by atoms with Crippen molar-refractivity contribution in [1.82, 2.24) is 15.1 Å². The molecule has 1 aliphatic carbocycles. The average Bonchev–Trinajstić information content (AvgIpc) is 2.84. The zero-order valence-electron chi connectivity index (χ0n) is 13.9. The van der Waals surface area contributed by atoms with Crippen LogP contribution in [0.1, 0.15) is 77.1 Å². The van der Waals surface area contributed by atoms with E-state index in [0.717, 1.165) is 16.3 Å². The summed E-state index contributed by atoms with van der Waals surface area (Å²) in [6.07, 6.45) is 10.1. The third-order valence-corrected chi connectivity index (χ3v) is 5.55. The molecule has 1 unspecified atom stereocenters. The van der Waals surface area contributed by atoms with Gasteiger partial charge in [0.05, 0.1) is 22.4 Å². The number of hydrogen-bond donors (Lipinski definition) is 1. The van der Waals surface area contributed by atoms with Crippen LogP contribution in [-0.2, 0) is 0 Å². The lowest BCUT2D eigenvalue weighted by Crippen LogP contribution is -2.31. The Kier molecular flexibility index (Phi) is 6.30. The summed E-state index contributed by atoms with van der Waals surface area (Å²) in [5, 5.41) is 8.12. The molecule has 21 heavy (non-hydrogen) atoms. The molecule has 1 aliphatic rings. The van der Waals surface area contributed by atoms with Crippen LogP contribution in [0.2, 0.25) is 0 Å². The molecule has 0 aromatic carbocycles. The zero-order chi connectivity index (χ0) is 15.4. The maximum Gasteiger partial charge on any atom is 0.0701 e. The molecular formula is C17H30BrN3. The van der Waals surface area contributed by atoms with Gasteiger partial charge < -0.3 is 5.32 Å². The molecule has 120 valence electrons. The highest BCUT2D eigenvalue weighted by molar-refractivity contribution is 9.10. The predicted molar refractivity (Wildman–Crippen MR) is 92.5 cm³/mol. The van der Waals surface area contributed by atoms with Gasteiger partial charge in [0.15, 0.2) is 0 Å². The summed E-state index contributed by atoms with van der Waals surface area (Å²) in [7, 11) is 2.09. The molecule has 1 aromatic heterocycles. The summed E-state index contributed by atoms with van der Waals surface area (Å²) in [5.74, 6) is 1.69. The minimum atomic E-state index is 0.401. The second-order valence-corrected chi connectivity index (χ2v) is 7.61. The van der Waals surface area contributed by atoms with Crippen molar-refractivity contribution in [2.75, 3.05) is 7.05 Å². The highest BCUT2D eigenvalue weighted by Crippen LogP contribution is 2.40. The normalized spacial score (nSPS) is 24.5. The first-order valence-electron chi connectivity index (χ1n) is 8.48. The standard InChI is InChI=1S/C17H30BrN3/c1-5-6-13-7-9-14(10-8-13)16(19-4)17-15(18)11-20-21(17)12(2)3/h11-14,16,19H,5-10H2,1-4H3. The van der Waals surface area contributed by atoms with E-state index in [4.69, 9.17) is 0 Å². The number of halogens is 1. The lowest BCUT2D eigenvalue weighted by molar-refractivity contribution is 0.212. The van der Waals surface area contributed by atoms with Crippen LogP contribution in [0.3, 0.4) is 0 Å². The van der Waals surface area contributed by atoms with E-state index in [1.54, 1.807) is 0 Å². The van der Waals surface area contributed by atoms with Crippen molar-refractivity contribution in [2.45, 2.75) is 71.4 Å². The van der Waals surface area contributed by atoms with Gasteiger partial charge in [-0.3, -0.25) is 4.68 Å². The molecule has 1 aromatic rings. The topological polar surface area (TPSA) is 29.9 Å². The van der Waals surface area contributed by atoms with Crippen molar-refractivity contribution in [2.24, 2.45) is 11.8 Å². The monoisotopic (exact) mass is 355 g/mol. The maximum atomic E-state index is 4.55. The lowest BCUT2D eigenvalue weighted by atomic mass is 9.76. The third-order valence-electron chi connectivity index (χ3n) is 4.94. The third kappa shape index (κ3) is 3.89. The van der Waals surface area contributed by atoms with Gasteiger partial charge in [0.1, 0.15) is 0 Å². The first-order valence-corrected chi connectivity index (χ1v) is 9.27. The van der Waals surface area contributed by atoms with E-state index in [1.807, 2.05) is 6.20 Å². The highest BCUT2D eigenvalue weighted by Gasteiger charge is 2.31. The fourth-order valence-corrected chi connectivity index (χ4v) is 4.39. The van der Waals surface area contributed by atoms with E-state index < -0.39 is 0 Å².